The van der Waals surface area contributed by atoms with E-state index >= 15 is 0 Å². The highest BCUT2D eigenvalue weighted by atomic mass is 32.1. The summed E-state index contributed by atoms with van der Waals surface area (Å²) in [6.45, 7) is 7.82. The van der Waals surface area contributed by atoms with Crippen molar-refractivity contribution in [2.24, 2.45) is 0 Å². The van der Waals surface area contributed by atoms with E-state index in [1.807, 2.05) is 18.2 Å². The van der Waals surface area contributed by atoms with Crippen molar-refractivity contribution < 1.29 is 19.4 Å². The number of carbonyl (C=O) groups excluding carboxylic acids is 1. The maximum Gasteiger partial charge on any atom is 0.335 e. The molecule has 0 aliphatic heterocycles. The highest BCUT2D eigenvalue weighted by Crippen LogP contribution is 2.34. The Morgan fingerprint density at radius 2 is 2.06 bits per heavy atom. The Morgan fingerprint density at radius 3 is 2.74 bits per heavy atom. The molecule has 31 heavy (non-hydrogen) atoms. The number of methoxy groups -OCH3 is 1. The predicted octanol–water partition coefficient (Wildman–Crippen LogP) is 4.62. The summed E-state index contributed by atoms with van der Waals surface area (Å²) in [7, 11) is 1.61. The van der Waals surface area contributed by atoms with Crippen LogP contribution in [0.5, 0.6) is 5.75 Å². The van der Waals surface area contributed by atoms with Crippen LogP contribution < -0.4 is 10.1 Å². The molecule has 2 N–H and O–H groups in total. The molecule has 0 bridgehead atoms. The van der Waals surface area contributed by atoms with E-state index in [2.05, 4.69) is 23.5 Å². The maximum atomic E-state index is 12.4. The van der Waals surface area contributed by atoms with Gasteiger partial charge in [-0.15, -0.1) is 11.3 Å². The summed E-state index contributed by atoms with van der Waals surface area (Å²) in [6, 6.07) is 10.3. The van der Waals surface area contributed by atoms with Gasteiger partial charge in [0.2, 0.25) is 5.91 Å². The van der Waals surface area contributed by atoms with Gasteiger partial charge < -0.3 is 15.2 Å². The fourth-order valence-electron chi connectivity index (χ4n) is 3.08. The molecule has 0 saturated carbocycles. The molecule has 3 aromatic rings. The minimum absolute atomic E-state index is 0.131. The number of carbonyl (C=O) groups is 2. The Morgan fingerprint density at radius 1 is 1.26 bits per heavy atom. The lowest BCUT2D eigenvalue weighted by Gasteiger charge is -2.09. The fraction of sp³-hybridized carbons (Fsp3) is 0.125. The second-order valence-corrected chi connectivity index (χ2v) is 7.76. The van der Waals surface area contributed by atoms with Crippen molar-refractivity contribution in [2.75, 3.05) is 7.11 Å². The summed E-state index contributed by atoms with van der Waals surface area (Å²) < 4.78 is 6.44. The Balaban J connectivity index is 1.76. The fourth-order valence-corrected chi connectivity index (χ4v) is 4.06. The average molecular weight is 435 g/mol. The third-order valence-corrected chi connectivity index (χ3v) is 5.58. The van der Waals surface area contributed by atoms with Gasteiger partial charge in [0.05, 0.1) is 29.3 Å². The van der Waals surface area contributed by atoms with Crippen molar-refractivity contribution in [3.05, 3.63) is 89.5 Å². The van der Waals surface area contributed by atoms with Crippen molar-refractivity contribution >= 4 is 39.0 Å². The first kappa shape index (κ1) is 22.0. The van der Waals surface area contributed by atoms with Crippen molar-refractivity contribution in [2.45, 2.75) is 13.0 Å². The number of ether oxygens (including phenoxy) is 1. The summed E-state index contributed by atoms with van der Waals surface area (Å²) in [6.07, 6.45) is 5.39. The number of thiazole rings is 1. The van der Waals surface area contributed by atoms with E-state index in [4.69, 9.17) is 9.84 Å². The molecule has 0 aliphatic rings. The van der Waals surface area contributed by atoms with Gasteiger partial charge >= 0.3 is 5.97 Å². The number of nitrogens with one attached hydrogen (secondary N) is 1. The zero-order valence-corrected chi connectivity index (χ0v) is 17.9. The number of rotatable bonds is 9. The molecule has 0 aliphatic carbocycles. The van der Waals surface area contributed by atoms with E-state index < -0.39 is 5.97 Å². The Kier molecular flexibility index (Phi) is 6.99. The molecule has 1 aromatic heterocycles. The number of aromatic carboxylic acids is 1. The van der Waals surface area contributed by atoms with Gasteiger partial charge in [-0.2, -0.15) is 0 Å². The monoisotopic (exact) mass is 434 g/mol. The third-order valence-electron chi connectivity index (χ3n) is 4.56. The standard InChI is InChI=1S/C24H22N2O4S/c1-4-7-16(5-2)18-11-19-21(12-20(18)30-3)31-23(26-19)13-22(27)25-14-15-8-6-9-17(10-15)24(28)29/h4-12H,1-2,13-14H2,3H3,(H,25,27)(H,28,29)/b16-7+. The first-order valence-electron chi connectivity index (χ1n) is 9.47. The Hall–Kier alpha value is -3.71. The van der Waals surface area contributed by atoms with Crippen molar-refractivity contribution in [3.8, 4) is 5.75 Å². The summed E-state index contributed by atoms with van der Waals surface area (Å²) in [5.41, 5.74) is 3.40. The number of benzene rings is 2. The Bertz CT molecular complexity index is 1190. The van der Waals surface area contributed by atoms with Crippen LogP contribution in [-0.4, -0.2) is 29.1 Å². The molecule has 0 unspecified atom stereocenters. The van der Waals surface area contributed by atoms with Crippen LogP contribution in [0.4, 0.5) is 0 Å². The number of fused-ring (bicyclic) bond motifs is 1. The smallest absolute Gasteiger partial charge is 0.335 e. The maximum absolute atomic E-state index is 12.4. The molecular weight excluding hydrogens is 412 g/mol. The van der Waals surface area contributed by atoms with Crippen LogP contribution in [0.25, 0.3) is 15.8 Å². The summed E-state index contributed by atoms with van der Waals surface area (Å²) in [4.78, 5) is 28.1. The first-order valence-corrected chi connectivity index (χ1v) is 10.3. The van der Waals surface area contributed by atoms with Crippen LogP contribution in [-0.2, 0) is 17.8 Å². The van der Waals surface area contributed by atoms with Crippen molar-refractivity contribution in [1.82, 2.24) is 10.3 Å². The number of allylic oxidation sites excluding steroid dienone is 4. The van der Waals surface area contributed by atoms with Gasteiger partial charge in [-0.25, -0.2) is 9.78 Å². The molecule has 6 nitrogen and oxygen atoms in total. The minimum Gasteiger partial charge on any atom is -0.496 e. The number of amides is 1. The van der Waals surface area contributed by atoms with Gasteiger partial charge in [0.1, 0.15) is 10.8 Å². The second-order valence-electron chi connectivity index (χ2n) is 6.65. The highest BCUT2D eigenvalue weighted by Gasteiger charge is 2.14. The molecule has 158 valence electrons. The minimum atomic E-state index is -1.00. The average Bonchev–Trinajstić information content (AvgIpc) is 3.16. The van der Waals surface area contributed by atoms with Crippen LogP contribution in [0.1, 0.15) is 26.5 Å². The molecule has 2 aromatic carbocycles. The second kappa shape index (κ2) is 9.86. The molecule has 0 fully saturated rings. The lowest BCUT2D eigenvalue weighted by atomic mass is 10.0. The van der Waals surface area contributed by atoms with Crippen molar-refractivity contribution in [3.63, 3.8) is 0 Å². The lowest BCUT2D eigenvalue weighted by molar-refractivity contribution is -0.120. The zero-order valence-electron chi connectivity index (χ0n) is 17.1. The molecule has 0 saturated heterocycles. The van der Waals surface area contributed by atoms with Crippen LogP contribution in [0.2, 0.25) is 0 Å². The SMILES string of the molecule is C=C/C=C(\C=C)c1cc2nc(CC(=O)NCc3cccc(C(=O)O)c3)sc2cc1OC. The predicted molar refractivity (Wildman–Crippen MR) is 123 cm³/mol. The molecule has 0 atom stereocenters. The molecule has 0 spiro atoms. The molecule has 1 amide bonds. The Labute approximate surface area is 184 Å². The number of nitrogens with zero attached hydrogens (tertiary/aromatic N) is 1. The summed E-state index contributed by atoms with van der Waals surface area (Å²) >= 11 is 1.43. The number of hydrogen-bond acceptors (Lipinski definition) is 5. The van der Waals surface area contributed by atoms with Crippen LogP contribution in [0.15, 0.2) is 67.8 Å². The zero-order chi connectivity index (χ0) is 22.4. The number of hydrogen-bond donors (Lipinski definition) is 2. The molecule has 3 rings (SSSR count). The molecular formula is C24H22N2O4S. The summed E-state index contributed by atoms with van der Waals surface area (Å²) in [5, 5.41) is 12.6. The number of carboxylic acid groups (broad SMARTS) is 1. The van der Waals surface area contributed by atoms with E-state index in [-0.39, 0.29) is 24.4 Å². The van der Waals surface area contributed by atoms with E-state index in [0.717, 1.165) is 26.9 Å². The quantitative estimate of drug-likeness (QED) is 0.480. The third kappa shape index (κ3) is 5.26. The topological polar surface area (TPSA) is 88.5 Å². The molecule has 0 radical (unpaired) electrons. The van der Waals surface area contributed by atoms with E-state index in [0.29, 0.717) is 10.8 Å². The highest BCUT2D eigenvalue weighted by molar-refractivity contribution is 7.18. The van der Waals surface area contributed by atoms with Crippen LogP contribution in [0, 0.1) is 0 Å². The van der Waals surface area contributed by atoms with Gasteiger partial charge in [-0.1, -0.05) is 43.5 Å². The van der Waals surface area contributed by atoms with Gasteiger partial charge in [0.15, 0.2) is 0 Å². The molecule has 1 heterocycles. The van der Waals surface area contributed by atoms with Crippen LogP contribution >= 0.6 is 11.3 Å². The van der Waals surface area contributed by atoms with Gasteiger partial charge in [0, 0.05) is 18.2 Å². The van der Waals surface area contributed by atoms with E-state index in [9.17, 15) is 9.59 Å². The van der Waals surface area contributed by atoms with Crippen molar-refractivity contribution in [1.29, 1.82) is 0 Å². The van der Waals surface area contributed by atoms with E-state index in [1.165, 1.54) is 17.4 Å². The first-order chi connectivity index (χ1) is 14.9. The van der Waals surface area contributed by atoms with Gasteiger partial charge in [-0.3, -0.25) is 4.79 Å². The van der Waals surface area contributed by atoms with Gasteiger partial charge in [0.25, 0.3) is 0 Å². The van der Waals surface area contributed by atoms with Crippen LogP contribution in [0.3, 0.4) is 0 Å². The number of aromatic nitrogens is 1. The van der Waals surface area contributed by atoms with E-state index in [1.54, 1.807) is 37.5 Å². The summed E-state index contributed by atoms with van der Waals surface area (Å²) in [5.74, 6) is -0.497. The lowest BCUT2D eigenvalue weighted by Crippen LogP contribution is -2.24. The largest absolute Gasteiger partial charge is 0.496 e. The molecule has 7 heteroatoms. The number of carboxylic acids is 1. The normalized spacial score (nSPS) is 11.2. The van der Waals surface area contributed by atoms with Gasteiger partial charge in [-0.05, 0) is 29.3 Å².